The summed E-state index contributed by atoms with van der Waals surface area (Å²) in [6, 6.07) is 9.44. The summed E-state index contributed by atoms with van der Waals surface area (Å²) in [5.41, 5.74) is 1.40. The van der Waals surface area contributed by atoms with Crippen molar-refractivity contribution in [3.63, 3.8) is 0 Å². The molecule has 1 N–H and O–H groups in total. The van der Waals surface area contributed by atoms with Crippen LogP contribution in [0.2, 0.25) is 0 Å². The minimum Gasteiger partial charge on any atom is -0.485 e. The average Bonchev–Trinajstić information content (AvgIpc) is 2.86. The molecule has 0 atom stereocenters. The van der Waals surface area contributed by atoms with Gasteiger partial charge in [0.25, 0.3) is 0 Å². The van der Waals surface area contributed by atoms with Crippen LogP contribution in [0.25, 0.3) is 10.9 Å². The minimum absolute atomic E-state index is 0.119. The van der Waals surface area contributed by atoms with Gasteiger partial charge in [0.05, 0.1) is 11.9 Å². The maximum atomic E-state index is 11.1. The van der Waals surface area contributed by atoms with E-state index in [2.05, 4.69) is 10.1 Å². The Morgan fingerprint density at radius 3 is 2.95 bits per heavy atom. The molecule has 3 aromatic rings. The second-order valence-corrected chi connectivity index (χ2v) is 4.55. The average molecular weight is 283 g/mol. The molecule has 1 aromatic carbocycles. The largest absolute Gasteiger partial charge is 0.485 e. The number of aromatic nitrogens is 3. The summed E-state index contributed by atoms with van der Waals surface area (Å²) in [6.45, 7) is 0.119. The zero-order valence-electron chi connectivity index (χ0n) is 11.4. The summed E-state index contributed by atoms with van der Waals surface area (Å²) in [5.74, 6) is -0.400. The predicted octanol–water partition coefficient (Wildman–Crippen LogP) is 2.25. The number of para-hydroxylation sites is 1. The number of pyridine rings is 1. The SMILES string of the molecule is Cn1ncc(C(=O)O)c1COc1cccc2cccnc12. The van der Waals surface area contributed by atoms with Gasteiger partial charge in [-0.3, -0.25) is 9.67 Å². The Bertz CT molecular complexity index is 806. The van der Waals surface area contributed by atoms with Crippen LogP contribution in [0.4, 0.5) is 0 Å². The van der Waals surface area contributed by atoms with Crippen LogP contribution < -0.4 is 4.74 Å². The molecular formula is C15H13N3O3. The normalized spacial score (nSPS) is 10.7. The molecule has 0 aliphatic carbocycles. The lowest BCUT2D eigenvalue weighted by Gasteiger charge is -2.09. The van der Waals surface area contributed by atoms with Crippen LogP contribution in [0.15, 0.2) is 42.7 Å². The van der Waals surface area contributed by atoms with E-state index in [-0.39, 0.29) is 12.2 Å². The molecule has 0 saturated heterocycles. The molecule has 0 bridgehead atoms. The highest BCUT2D eigenvalue weighted by molar-refractivity contribution is 5.88. The number of carboxylic acid groups (broad SMARTS) is 1. The van der Waals surface area contributed by atoms with Crippen molar-refractivity contribution in [2.45, 2.75) is 6.61 Å². The number of rotatable bonds is 4. The van der Waals surface area contributed by atoms with Gasteiger partial charge in [-0.1, -0.05) is 18.2 Å². The van der Waals surface area contributed by atoms with Crippen molar-refractivity contribution < 1.29 is 14.6 Å². The number of carbonyl (C=O) groups is 1. The molecule has 2 heterocycles. The van der Waals surface area contributed by atoms with Gasteiger partial charge >= 0.3 is 5.97 Å². The molecule has 2 aromatic heterocycles. The van der Waals surface area contributed by atoms with Crippen molar-refractivity contribution in [2.75, 3.05) is 0 Å². The lowest BCUT2D eigenvalue weighted by atomic mass is 10.2. The zero-order valence-corrected chi connectivity index (χ0v) is 11.4. The highest BCUT2D eigenvalue weighted by Gasteiger charge is 2.16. The first kappa shape index (κ1) is 13.1. The maximum Gasteiger partial charge on any atom is 0.339 e. The second kappa shape index (κ2) is 5.24. The fraction of sp³-hybridized carbons (Fsp3) is 0.133. The molecule has 0 saturated carbocycles. The van der Waals surface area contributed by atoms with Crippen LogP contribution in [0, 0.1) is 0 Å². The van der Waals surface area contributed by atoms with Gasteiger partial charge in [0.2, 0.25) is 0 Å². The quantitative estimate of drug-likeness (QED) is 0.794. The molecule has 0 amide bonds. The Morgan fingerprint density at radius 1 is 1.33 bits per heavy atom. The lowest BCUT2D eigenvalue weighted by molar-refractivity contribution is 0.0693. The Hall–Kier alpha value is -2.89. The summed E-state index contributed by atoms with van der Waals surface area (Å²) >= 11 is 0. The monoisotopic (exact) mass is 283 g/mol. The molecule has 21 heavy (non-hydrogen) atoms. The van der Waals surface area contributed by atoms with Gasteiger partial charge in [0.15, 0.2) is 0 Å². The third kappa shape index (κ3) is 2.43. The van der Waals surface area contributed by atoms with Crippen LogP contribution in [-0.4, -0.2) is 25.8 Å². The number of aryl methyl sites for hydroxylation is 1. The number of aromatic carboxylic acids is 1. The van der Waals surface area contributed by atoms with Crippen molar-refractivity contribution in [1.82, 2.24) is 14.8 Å². The maximum absolute atomic E-state index is 11.1. The van der Waals surface area contributed by atoms with Gasteiger partial charge in [-0.2, -0.15) is 5.10 Å². The number of nitrogens with zero attached hydrogens (tertiary/aromatic N) is 3. The minimum atomic E-state index is -1.02. The predicted molar refractivity (Wildman–Crippen MR) is 76.2 cm³/mol. The number of hydrogen-bond acceptors (Lipinski definition) is 4. The molecule has 0 aliphatic rings. The standard InChI is InChI=1S/C15H13N3O3/c1-18-12(11(8-17-18)15(19)20)9-21-13-6-2-4-10-5-3-7-16-14(10)13/h2-8H,9H2,1H3,(H,19,20). The Balaban J connectivity index is 1.91. The fourth-order valence-electron chi connectivity index (χ4n) is 2.15. The van der Waals surface area contributed by atoms with Gasteiger partial charge in [-0.25, -0.2) is 4.79 Å². The first-order valence-corrected chi connectivity index (χ1v) is 6.37. The van der Waals surface area contributed by atoms with E-state index in [0.29, 0.717) is 11.4 Å². The molecule has 3 rings (SSSR count). The lowest BCUT2D eigenvalue weighted by Crippen LogP contribution is -2.08. The van der Waals surface area contributed by atoms with E-state index in [9.17, 15) is 4.79 Å². The van der Waals surface area contributed by atoms with Crippen LogP contribution in [-0.2, 0) is 13.7 Å². The van der Waals surface area contributed by atoms with Crippen LogP contribution >= 0.6 is 0 Å². The van der Waals surface area contributed by atoms with E-state index < -0.39 is 5.97 Å². The fourth-order valence-corrected chi connectivity index (χ4v) is 2.15. The van der Waals surface area contributed by atoms with E-state index in [4.69, 9.17) is 9.84 Å². The molecule has 0 fully saturated rings. The Labute approximate surface area is 120 Å². The van der Waals surface area contributed by atoms with E-state index in [1.165, 1.54) is 10.9 Å². The van der Waals surface area contributed by atoms with Crippen molar-refractivity contribution >= 4 is 16.9 Å². The number of hydrogen-bond donors (Lipinski definition) is 1. The highest BCUT2D eigenvalue weighted by Crippen LogP contribution is 2.24. The van der Waals surface area contributed by atoms with E-state index in [1.807, 2.05) is 30.3 Å². The van der Waals surface area contributed by atoms with Crippen molar-refractivity contribution in [3.8, 4) is 5.75 Å². The summed E-state index contributed by atoms with van der Waals surface area (Å²) in [5, 5.41) is 14.1. The topological polar surface area (TPSA) is 77.2 Å². The second-order valence-electron chi connectivity index (χ2n) is 4.55. The highest BCUT2D eigenvalue weighted by atomic mass is 16.5. The molecule has 0 unspecified atom stereocenters. The molecule has 0 radical (unpaired) electrons. The van der Waals surface area contributed by atoms with Crippen molar-refractivity contribution in [2.24, 2.45) is 7.05 Å². The third-order valence-corrected chi connectivity index (χ3v) is 3.25. The Morgan fingerprint density at radius 2 is 2.14 bits per heavy atom. The van der Waals surface area contributed by atoms with Crippen LogP contribution in [0.1, 0.15) is 16.1 Å². The smallest absolute Gasteiger partial charge is 0.339 e. The first-order valence-electron chi connectivity index (χ1n) is 6.37. The summed E-state index contributed by atoms with van der Waals surface area (Å²) < 4.78 is 7.25. The number of ether oxygens (including phenoxy) is 1. The van der Waals surface area contributed by atoms with Gasteiger partial charge in [-0.15, -0.1) is 0 Å². The van der Waals surface area contributed by atoms with Crippen molar-refractivity contribution in [3.05, 3.63) is 54.0 Å². The Kier molecular flexibility index (Phi) is 3.27. The first-order chi connectivity index (χ1) is 10.2. The molecule has 106 valence electrons. The number of carboxylic acids is 1. The van der Waals surface area contributed by atoms with Crippen LogP contribution in [0.5, 0.6) is 5.75 Å². The molecule has 6 heteroatoms. The molecular weight excluding hydrogens is 270 g/mol. The van der Waals surface area contributed by atoms with Crippen LogP contribution in [0.3, 0.4) is 0 Å². The van der Waals surface area contributed by atoms with Gasteiger partial charge in [0.1, 0.15) is 23.4 Å². The summed E-state index contributed by atoms with van der Waals surface area (Å²) in [7, 11) is 1.69. The third-order valence-electron chi connectivity index (χ3n) is 3.25. The van der Waals surface area contributed by atoms with E-state index >= 15 is 0 Å². The van der Waals surface area contributed by atoms with Gasteiger partial charge in [-0.05, 0) is 12.1 Å². The summed E-state index contributed by atoms with van der Waals surface area (Å²) in [4.78, 5) is 15.4. The zero-order chi connectivity index (χ0) is 14.8. The number of fused-ring (bicyclic) bond motifs is 1. The molecule has 0 aliphatic heterocycles. The van der Waals surface area contributed by atoms with Gasteiger partial charge in [0, 0.05) is 18.6 Å². The van der Waals surface area contributed by atoms with Gasteiger partial charge < -0.3 is 9.84 Å². The summed E-state index contributed by atoms with van der Waals surface area (Å²) in [6.07, 6.45) is 3.02. The van der Waals surface area contributed by atoms with Crippen molar-refractivity contribution in [1.29, 1.82) is 0 Å². The van der Waals surface area contributed by atoms with E-state index in [1.54, 1.807) is 13.2 Å². The number of benzene rings is 1. The van der Waals surface area contributed by atoms with E-state index in [0.717, 1.165) is 10.9 Å². The molecule has 0 spiro atoms. The molecule has 6 nitrogen and oxygen atoms in total.